The van der Waals surface area contributed by atoms with Gasteiger partial charge in [-0.2, -0.15) is 0 Å². The second kappa shape index (κ2) is 10.9. The summed E-state index contributed by atoms with van der Waals surface area (Å²) in [7, 11) is 1.58. The van der Waals surface area contributed by atoms with Gasteiger partial charge in [0.25, 0.3) is 6.43 Å². The third-order valence-corrected chi connectivity index (χ3v) is 8.62. The number of Topliss-reactive ketones (excluding diaryl/α,β-unsaturated/α-hetero) is 1. The Hall–Kier alpha value is -3.44. The summed E-state index contributed by atoms with van der Waals surface area (Å²) in [5.74, 6) is 0.346. The summed E-state index contributed by atoms with van der Waals surface area (Å²) in [6.07, 6.45) is 0.832. The van der Waals surface area contributed by atoms with E-state index < -0.39 is 12.7 Å². The molecule has 4 aromatic rings. The van der Waals surface area contributed by atoms with Gasteiger partial charge in [-0.15, -0.1) is 11.3 Å². The molecule has 8 nitrogen and oxygen atoms in total. The van der Waals surface area contributed by atoms with Crippen LogP contribution in [0.4, 0.5) is 20.2 Å². The van der Waals surface area contributed by atoms with Crippen molar-refractivity contribution in [3.8, 4) is 16.3 Å². The Morgan fingerprint density at radius 3 is 2.62 bits per heavy atom. The van der Waals surface area contributed by atoms with Gasteiger partial charge in [0.2, 0.25) is 0 Å². The minimum Gasteiger partial charge on any atom is -0.495 e. The number of carbonyl (C=O) groups excluding carboxylic acids is 1. The van der Waals surface area contributed by atoms with Crippen LogP contribution in [0.1, 0.15) is 66.8 Å². The van der Waals surface area contributed by atoms with Crippen molar-refractivity contribution in [3.63, 3.8) is 0 Å². The highest BCUT2D eigenvalue weighted by Gasteiger charge is 2.32. The SMILES string of the molecule is COc1cc(-c2nc(C)c(C)s2)ccc1Nc1cc(CC(=O)C2CC2)nc2c1nc(C(F)F)n2C1CCCCO1. The highest BCUT2D eigenvalue weighted by molar-refractivity contribution is 7.15. The molecule has 11 heteroatoms. The van der Waals surface area contributed by atoms with Gasteiger partial charge < -0.3 is 14.8 Å². The number of methoxy groups -OCH3 is 1. The number of ether oxygens (including phenoxy) is 2. The van der Waals surface area contributed by atoms with Gasteiger partial charge in [-0.05, 0) is 70.2 Å². The van der Waals surface area contributed by atoms with Crippen molar-refractivity contribution in [1.82, 2.24) is 19.5 Å². The lowest BCUT2D eigenvalue weighted by Gasteiger charge is -2.25. The lowest BCUT2D eigenvalue weighted by Crippen LogP contribution is -2.21. The number of aryl methyl sites for hydroxylation is 2. The summed E-state index contributed by atoms with van der Waals surface area (Å²) in [5, 5.41) is 4.24. The Morgan fingerprint density at radius 2 is 1.98 bits per heavy atom. The molecule has 4 heterocycles. The zero-order valence-corrected chi connectivity index (χ0v) is 23.5. The quantitative estimate of drug-likeness (QED) is 0.231. The van der Waals surface area contributed by atoms with Crippen LogP contribution in [-0.2, 0) is 16.0 Å². The third-order valence-electron chi connectivity index (χ3n) is 7.50. The first-order valence-electron chi connectivity index (χ1n) is 13.6. The summed E-state index contributed by atoms with van der Waals surface area (Å²) in [4.78, 5) is 27.6. The molecule has 0 bridgehead atoms. The summed E-state index contributed by atoms with van der Waals surface area (Å²) < 4.78 is 41.6. The average molecular weight is 568 g/mol. The lowest BCUT2D eigenvalue weighted by molar-refractivity contribution is -0.119. The molecule has 2 aliphatic rings. The van der Waals surface area contributed by atoms with Crippen molar-refractivity contribution in [3.05, 3.63) is 46.4 Å². The predicted molar refractivity (Wildman–Crippen MR) is 150 cm³/mol. The largest absolute Gasteiger partial charge is 0.495 e. The summed E-state index contributed by atoms with van der Waals surface area (Å²) in [6, 6.07) is 7.45. The van der Waals surface area contributed by atoms with Crippen LogP contribution in [0.15, 0.2) is 24.3 Å². The Bertz CT molecular complexity index is 1550. The molecule has 40 heavy (non-hydrogen) atoms. The number of thiazole rings is 1. The number of anilines is 2. The first-order chi connectivity index (χ1) is 19.3. The summed E-state index contributed by atoms with van der Waals surface area (Å²) >= 11 is 1.61. The van der Waals surface area contributed by atoms with Crippen LogP contribution in [0.2, 0.25) is 0 Å². The number of fused-ring (bicyclic) bond motifs is 1. The Kier molecular flexibility index (Phi) is 7.26. The van der Waals surface area contributed by atoms with Crippen molar-refractivity contribution in [2.45, 2.75) is 65.0 Å². The van der Waals surface area contributed by atoms with E-state index in [-0.39, 0.29) is 29.6 Å². The van der Waals surface area contributed by atoms with Crippen LogP contribution in [0.3, 0.4) is 0 Å². The van der Waals surface area contributed by atoms with Crippen LogP contribution in [0, 0.1) is 19.8 Å². The van der Waals surface area contributed by atoms with E-state index in [9.17, 15) is 13.6 Å². The Morgan fingerprint density at radius 1 is 1.15 bits per heavy atom. The first kappa shape index (κ1) is 26.8. The minimum atomic E-state index is -2.82. The number of aromatic nitrogens is 4. The van der Waals surface area contributed by atoms with Crippen LogP contribution >= 0.6 is 11.3 Å². The first-order valence-corrected chi connectivity index (χ1v) is 14.4. The fraction of sp³-hybridized carbons (Fsp3) is 0.448. The van der Waals surface area contributed by atoms with Crippen molar-refractivity contribution in [1.29, 1.82) is 0 Å². The molecule has 0 radical (unpaired) electrons. The second-order valence-corrected chi connectivity index (χ2v) is 11.6. The number of nitrogens with one attached hydrogen (secondary N) is 1. The van der Waals surface area contributed by atoms with Crippen molar-refractivity contribution in [2.24, 2.45) is 5.92 Å². The normalized spacial score (nSPS) is 17.5. The van der Waals surface area contributed by atoms with Crippen LogP contribution in [0.25, 0.3) is 21.7 Å². The molecular weight excluding hydrogens is 536 g/mol. The number of hydrogen-bond donors (Lipinski definition) is 1. The minimum absolute atomic E-state index is 0.0582. The van der Waals surface area contributed by atoms with Gasteiger partial charge in [0.15, 0.2) is 11.5 Å². The lowest BCUT2D eigenvalue weighted by atomic mass is 10.1. The number of benzene rings is 1. The molecule has 1 saturated heterocycles. The fourth-order valence-corrected chi connectivity index (χ4v) is 5.99. The maximum absolute atomic E-state index is 14.3. The number of imidazole rings is 1. The van der Waals surface area contributed by atoms with Gasteiger partial charge in [-0.1, -0.05) is 0 Å². The number of pyridine rings is 1. The molecule has 1 saturated carbocycles. The highest BCUT2D eigenvalue weighted by Crippen LogP contribution is 2.39. The third kappa shape index (κ3) is 5.19. The molecule has 1 N–H and O–H groups in total. The predicted octanol–water partition coefficient (Wildman–Crippen LogP) is 7.08. The van der Waals surface area contributed by atoms with Crippen molar-refractivity contribution in [2.75, 3.05) is 19.0 Å². The highest BCUT2D eigenvalue weighted by atomic mass is 32.1. The van der Waals surface area contributed by atoms with Gasteiger partial charge in [0.1, 0.15) is 28.3 Å². The zero-order valence-electron chi connectivity index (χ0n) is 22.7. The smallest absolute Gasteiger partial charge is 0.295 e. The number of carbonyl (C=O) groups is 1. The topological polar surface area (TPSA) is 91.2 Å². The van der Waals surface area contributed by atoms with Crippen LogP contribution in [-0.4, -0.2) is 39.0 Å². The van der Waals surface area contributed by atoms with E-state index >= 15 is 0 Å². The van der Waals surface area contributed by atoms with E-state index in [0.29, 0.717) is 41.4 Å². The summed E-state index contributed by atoms with van der Waals surface area (Å²) in [5.41, 5.74) is 4.10. The van der Waals surface area contributed by atoms with E-state index in [1.54, 1.807) is 24.5 Å². The van der Waals surface area contributed by atoms with E-state index in [0.717, 1.165) is 46.8 Å². The van der Waals surface area contributed by atoms with Crippen LogP contribution in [0.5, 0.6) is 5.75 Å². The number of halogens is 2. The maximum Gasteiger partial charge on any atom is 0.295 e. The molecule has 1 unspecified atom stereocenters. The number of ketones is 1. The summed E-state index contributed by atoms with van der Waals surface area (Å²) in [6.45, 7) is 4.50. The zero-order chi connectivity index (χ0) is 28.0. The van der Waals surface area contributed by atoms with E-state index in [4.69, 9.17) is 14.5 Å². The molecule has 1 aromatic carbocycles. The Labute approximate surface area is 234 Å². The molecular formula is C29H31F2N5O3S. The van der Waals surface area contributed by atoms with Gasteiger partial charge in [-0.25, -0.2) is 23.7 Å². The molecule has 6 rings (SSSR count). The number of alkyl halides is 2. The second-order valence-electron chi connectivity index (χ2n) is 10.4. The molecule has 2 fully saturated rings. The molecule has 1 aliphatic heterocycles. The number of hydrogen-bond acceptors (Lipinski definition) is 8. The van der Waals surface area contributed by atoms with Gasteiger partial charge in [0.05, 0.1) is 29.9 Å². The van der Waals surface area contributed by atoms with E-state index in [1.165, 1.54) is 4.57 Å². The monoisotopic (exact) mass is 567 g/mol. The van der Waals surface area contributed by atoms with E-state index in [1.807, 2.05) is 32.0 Å². The molecule has 3 aromatic heterocycles. The number of nitrogens with zero attached hydrogens (tertiary/aromatic N) is 4. The van der Waals surface area contributed by atoms with Gasteiger partial charge in [0, 0.05) is 29.4 Å². The Balaban J connectivity index is 1.45. The fourth-order valence-electron chi connectivity index (χ4n) is 5.08. The maximum atomic E-state index is 14.3. The van der Waals surface area contributed by atoms with Crippen LogP contribution < -0.4 is 10.1 Å². The van der Waals surface area contributed by atoms with Gasteiger partial charge in [-0.3, -0.25) is 9.36 Å². The molecule has 1 atom stereocenters. The van der Waals surface area contributed by atoms with Crippen molar-refractivity contribution >= 4 is 39.7 Å². The molecule has 0 amide bonds. The number of rotatable bonds is 9. The van der Waals surface area contributed by atoms with Crippen molar-refractivity contribution < 1.29 is 23.0 Å². The van der Waals surface area contributed by atoms with Gasteiger partial charge >= 0.3 is 0 Å². The molecule has 0 spiro atoms. The average Bonchev–Trinajstić information content (AvgIpc) is 3.65. The van der Waals surface area contributed by atoms with E-state index in [2.05, 4.69) is 15.3 Å². The standard InChI is InChI=1S/C29H31F2N5O3S/c1-15-16(2)40-29(32-15)18-9-10-20(23(12-18)38-3)34-21-13-19(14-22(37)17-7-8-17)33-27-25(21)35-28(26(30)31)36(27)24-6-4-5-11-39-24/h9-10,12-13,17,24,26H,4-8,11,14H2,1-3H3,(H,33,34). The molecule has 1 aliphatic carbocycles. The molecule has 210 valence electrons.